The molecule has 0 saturated carbocycles. The number of benzene rings is 2. The van der Waals surface area contributed by atoms with Crippen molar-refractivity contribution in [3.8, 4) is 0 Å². The van der Waals surface area contributed by atoms with Gasteiger partial charge in [0, 0.05) is 10.0 Å². The molecule has 1 fully saturated rings. The highest BCUT2D eigenvalue weighted by Crippen LogP contribution is 2.31. The second-order valence-electron chi connectivity index (χ2n) is 4.53. The number of hydrogen-bond acceptors (Lipinski definition) is 3. The van der Waals surface area contributed by atoms with E-state index in [1.807, 2.05) is 0 Å². The topological polar surface area (TPSA) is 40.6 Å². The molecule has 2 aromatic rings. The molecule has 1 saturated heterocycles. The first kappa shape index (κ1) is 15.0. The number of urea groups is 1. The zero-order valence-corrected chi connectivity index (χ0v) is 13.3. The smallest absolute Gasteiger partial charge is 0.265 e. The Morgan fingerprint density at radius 3 is 2.00 bits per heavy atom. The molecule has 0 N–H and O–H groups in total. The number of imide groups is 1. The van der Waals surface area contributed by atoms with Gasteiger partial charge in [-0.2, -0.15) is 0 Å². The molecule has 0 spiro atoms. The van der Waals surface area contributed by atoms with Crippen LogP contribution in [0.2, 0.25) is 10.0 Å². The summed E-state index contributed by atoms with van der Waals surface area (Å²) in [6.45, 7) is 0. The fourth-order valence-electron chi connectivity index (χ4n) is 2.17. The number of amides is 3. The monoisotopic (exact) mass is 350 g/mol. The van der Waals surface area contributed by atoms with Gasteiger partial charge in [0.15, 0.2) is 4.99 Å². The second kappa shape index (κ2) is 5.68. The van der Waals surface area contributed by atoms with Crippen LogP contribution in [0.4, 0.5) is 16.2 Å². The Hall–Kier alpha value is -1.95. The molecular formula is C15H8Cl2N2O2S. The number of rotatable bonds is 2. The van der Waals surface area contributed by atoms with Crippen molar-refractivity contribution >= 4 is 63.7 Å². The summed E-state index contributed by atoms with van der Waals surface area (Å²) < 4.78 is 0. The molecule has 0 radical (unpaired) electrons. The highest BCUT2D eigenvalue weighted by atomic mass is 35.5. The van der Waals surface area contributed by atoms with E-state index in [-0.39, 0.29) is 4.99 Å². The SMILES string of the molecule is O=C1C(=S)N(c2cc(Cl)cc(Cl)c2)C(=O)N1c1ccccc1. The Bertz CT molecular complexity index is 775. The molecule has 3 rings (SSSR count). The number of thiocarbonyl (C=S) groups is 1. The summed E-state index contributed by atoms with van der Waals surface area (Å²) in [6, 6.07) is 12.6. The summed E-state index contributed by atoms with van der Waals surface area (Å²) in [5.41, 5.74) is 0.815. The van der Waals surface area contributed by atoms with Crippen molar-refractivity contribution in [2.45, 2.75) is 0 Å². The van der Waals surface area contributed by atoms with Crippen LogP contribution in [0.25, 0.3) is 0 Å². The minimum Gasteiger partial charge on any atom is -0.265 e. The average molecular weight is 351 g/mol. The molecule has 1 aliphatic heterocycles. The van der Waals surface area contributed by atoms with Crippen molar-refractivity contribution in [1.82, 2.24) is 0 Å². The maximum absolute atomic E-state index is 12.6. The molecule has 0 bridgehead atoms. The molecule has 0 aromatic heterocycles. The predicted molar refractivity (Wildman–Crippen MR) is 90.9 cm³/mol. The minimum absolute atomic E-state index is 0.118. The van der Waals surface area contributed by atoms with Gasteiger partial charge < -0.3 is 0 Å². The molecule has 2 aromatic carbocycles. The minimum atomic E-state index is -0.556. The fourth-order valence-corrected chi connectivity index (χ4v) is 2.96. The third kappa shape index (κ3) is 2.47. The zero-order valence-electron chi connectivity index (χ0n) is 11.0. The summed E-state index contributed by atoms with van der Waals surface area (Å²) in [5.74, 6) is -0.553. The lowest BCUT2D eigenvalue weighted by atomic mass is 10.3. The maximum atomic E-state index is 12.6. The quantitative estimate of drug-likeness (QED) is 0.599. The van der Waals surface area contributed by atoms with Crippen molar-refractivity contribution in [2.24, 2.45) is 0 Å². The molecule has 110 valence electrons. The van der Waals surface area contributed by atoms with E-state index in [0.717, 1.165) is 9.80 Å². The van der Waals surface area contributed by atoms with Crippen LogP contribution in [-0.4, -0.2) is 16.9 Å². The molecule has 3 amide bonds. The summed E-state index contributed by atoms with van der Waals surface area (Å²) in [5, 5.41) is 0.701. The largest absolute Gasteiger partial charge is 0.341 e. The number of halogens is 2. The lowest BCUT2D eigenvalue weighted by Gasteiger charge is -2.17. The highest BCUT2D eigenvalue weighted by Gasteiger charge is 2.43. The van der Waals surface area contributed by atoms with Gasteiger partial charge in [0.05, 0.1) is 11.4 Å². The number of carbonyl (C=O) groups is 2. The standard InChI is InChI=1S/C15H8Cl2N2O2S/c16-9-6-10(17)8-12(7-9)19-14(22)13(20)18(15(19)21)11-4-2-1-3-5-11/h1-8H. The van der Waals surface area contributed by atoms with E-state index in [1.165, 1.54) is 18.2 Å². The van der Waals surface area contributed by atoms with Crippen molar-refractivity contribution < 1.29 is 9.59 Å². The molecule has 4 nitrogen and oxygen atoms in total. The summed E-state index contributed by atoms with van der Waals surface area (Å²) >= 11 is 17.0. The molecule has 0 aliphatic carbocycles. The van der Waals surface area contributed by atoms with Crippen LogP contribution in [0.1, 0.15) is 0 Å². The predicted octanol–water partition coefficient (Wildman–Crippen LogP) is 4.29. The van der Waals surface area contributed by atoms with Crippen LogP contribution in [0.5, 0.6) is 0 Å². The van der Waals surface area contributed by atoms with E-state index in [0.29, 0.717) is 21.4 Å². The van der Waals surface area contributed by atoms with Gasteiger partial charge in [0.25, 0.3) is 5.91 Å². The first-order valence-electron chi connectivity index (χ1n) is 6.22. The van der Waals surface area contributed by atoms with Gasteiger partial charge in [-0.3, -0.25) is 4.79 Å². The van der Waals surface area contributed by atoms with Gasteiger partial charge >= 0.3 is 6.03 Å². The Morgan fingerprint density at radius 2 is 1.41 bits per heavy atom. The lowest BCUT2D eigenvalue weighted by Crippen LogP contribution is -2.33. The zero-order chi connectivity index (χ0) is 15.9. The molecule has 1 aliphatic rings. The van der Waals surface area contributed by atoms with Gasteiger partial charge in [0.2, 0.25) is 0 Å². The Morgan fingerprint density at radius 1 is 0.818 bits per heavy atom. The van der Waals surface area contributed by atoms with E-state index >= 15 is 0 Å². The number of para-hydroxylation sites is 1. The van der Waals surface area contributed by atoms with Crippen LogP contribution >= 0.6 is 35.4 Å². The number of anilines is 2. The molecule has 7 heteroatoms. The Kier molecular flexibility index (Phi) is 3.87. The van der Waals surface area contributed by atoms with Crippen molar-refractivity contribution in [3.05, 3.63) is 58.6 Å². The van der Waals surface area contributed by atoms with Crippen molar-refractivity contribution in [2.75, 3.05) is 9.80 Å². The van der Waals surface area contributed by atoms with Gasteiger partial charge in [-0.1, -0.05) is 53.6 Å². The average Bonchev–Trinajstić information content (AvgIpc) is 2.69. The molecule has 0 unspecified atom stereocenters. The highest BCUT2D eigenvalue weighted by molar-refractivity contribution is 7.82. The summed E-state index contributed by atoms with van der Waals surface area (Å²) in [6.07, 6.45) is 0. The van der Waals surface area contributed by atoms with E-state index in [9.17, 15) is 9.59 Å². The maximum Gasteiger partial charge on any atom is 0.341 e. The normalized spacial score (nSPS) is 14.9. The lowest BCUT2D eigenvalue weighted by molar-refractivity contribution is -0.111. The number of nitrogens with zero attached hydrogens (tertiary/aromatic N) is 2. The van der Waals surface area contributed by atoms with Gasteiger partial charge in [0.1, 0.15) is 0 Å². The van der Waals surface area contributed by atoms with E-state index < -0.39 is 11.9 Å². The summed E-state index contributed by atoms with van der Waals surface area (Å²) in [7, 11) is 0. The van der Waals surface area contributed by atoms with Crippen LogP contribution in [0.15, 0.2) is 48.5 Å². The van der Waals surface area contributed by atoms with Crippen LogP contribution in [0, 0.1) is 0 Å². The third-order valence-corrected chi connectivity index (χ3v) is 3.89. The van der Waals surface area contributed by atoms with Crippen LogP contribution < -0.4 is 9.80 Å². The van der Waals surface area contributed by atoms with Gasteiger partial charge in [-0.05, 0) is 30.3 Å². The van der Waals surface area contributed by atoms with E-state index in [1.54, 1.807) is 30.3 Å². The van der Waals surface area contributed by atoms with Gasteiger partial charge in [-0.15, -0.1) is 0 Å². The number of carbonyl (C=O) groups excluding carboxylic acids is 2. The number of hydrogen-bond donors (Lipinski definition) is 0. The van der Waals surface area contributed by atoms with Crippen LogP contribution in [-0.2, 0) is 4.79 Å². The molecule has 22 heavy (non-hydrogen) atoms. The van der Waals surface area contributed by atoms with Gasteiger partial charge in [-0.25, -0.2) is 14.6 Å². The fraction of sp³-hybridized carbons (Fsp3) is 0. The van der Waals surface area contributed by atoms with E-state index in [4.69, 9.17) is 35.4 Å². The first-order valence-corrected chi connectivity index (χ1v) is 7.39. The second-order valence-corrected chi connectivity index (χ2v) is 5.79. The third-order valence-electron chi connectivity index (χ3n) is 3.09. The summed E-state index contributed by atoms with van der Waals surface area (Å²) in [4.78, 5) is 27.0. The Labute approximate surface area is 141 Å². The van der Waals surface area contributed by atoms with E-state index in [2.05, 4.69) is 0 Å². The molecular weight excluding hydrogens is 343 g/mol. The van der Waals surface area contributed by atoms with Crippen molar-refractivity contribution in [1.29, 1.82) is 0 Å². The Balaban J connectivity index is 2.06. The molecule has 1 heterocycles. The molecule has 0 atom stereocenters. The van der Waals surface area contributed by atoms with Crippen molar-refractivity contribution in [3.63, 3.8) is 0 Å². The van der Waals surface area contributed by atoms with Crippen LogP contribution in [0.3, 0.4) is 0 Å². The first-order chi connectivity index (χ1) is 10.5.